The van der Waals surface area contributed by atoms with Gasteiger partial charge in [-0.3, -0.25) is 0 Å². The van der Waals surface area contributed by atoms with Crippen LogP contribution in [0, 0.1) is 0 Å². The van der Waals surface area contributed by atoms with Crippen molar-refractivity contribution in [2.75, 3.05) is 0 Å². The van der Waals surface area contributed by atoms with Crippen molar-refractivity contribution in [2.45, 2.75) is 117 Å². The fraction of sp³-hybridized carbons (Fsp3) is 0.750. The van der Waals surface area contributed by atoms with E-state index in [1.54, 1.807) is 27.7 Å². The molecule has 4 atom stereocenters. The maximum Gasteiger partial charge on any atom is 0.0872 e. The molecule has 4 unspecified atom stereocenters. The Balaban J connectivity index is 4.31. The SMILES string of the molecule is CCc1c(C(C)(O)CC)c(C(C)(O)CC)cc(C(C)(O)CC)c1C(C)(O)CC. The van der Waals surface area contributed by atoms with E-state index in [2.05, 4.69) is 0 Å². The Bertz CT molecular complexity index is 630. The Morgan fingerprint density at radius 3 is 1.07 bits per heavy atom. The molecule has 4 heteroatoms. The zero-order valence-electron chi connectivity index (χ0n) is 19.4. The van der Waals surface area contributed by atoms with Crippen LogP contribution in [-0.2, 0) is 28.8 Å². The van der Waals surface area contributed by atoms with Gasteiger partial charge in [-0.1, -0.05) is 34.6 Å². The van der Waals surface area contributed by atoms with Crippen molar-refractivity contribution >= 4 is 0 Å². The summed E-state index contributed by atoms with van der Waals surface area (Å²) in [5.41, 5.74) is -1.16. The van der Waals surface area contributed by atoms with Gasteiger partial charge in [-0.05, 0) is 93.7 Å². The van der Waals surface area contributed by atoms with Crippen molar-refractivity contribution in [3.8, 4) is 0 Å². The lowest BCUT2D eigenvalue weighted by atomic mass is 9.70. The highest BCUT2D eigenvalue weighted by Crippen LogP contribution is 2.46. The second kappa shape index (κ2) is 8.43. The van der Waals surface area contributed by atoms with Gasteiger partial charge in [0, 0.05) is 0 Å². The minimum atomic E-state index is -1.16. The quantitative estimate of drug-likeness (QED) is 0.488. The van der Waals surface area contributed by atoms with Gasteiger partial charge in [0.05, 0.1) is 22.4 Å². The largest absolute Gasteiger partial charge is 0.385 e. The number of aliphatic hydroxyl groups is 4. The summed E-state index contributed by atoms with van der Waals surface area (Å²) in [7, 11) is 0. The lowest BCUT2D eigenvalue weighted by molar-refractivity contribution is 0.0158. The molecule has 0 fully saturated rings. The van der Waals surface area contributed by atoms with E-state index < -0.39 is 22.4 Å². The van der Waals surface area contributed by atoms with Crippen molar-refractivity contribution in [2.24, 2.45) is 0 Å². The summed E-state index contributed by atoms with van der Waals surface area (Å²) in [5.74, 6) is 0. The van der Waals surface area contributed by atoms with E-state index in [9.17, 15) is 20.4 Å². The van der Waals surface area contributed by atoms with Crippen LogP contribution < -0.4 is 0 Å². The van der Waals surface area contributed by atoms with Crippen LogP contribution in [0.5, 0.6) is 0 Å². The van der Waals surface area contributed by atoms with Gasteiger partial charge in [0.15, 0.2) is 0 Å². The lowest BCUT2D eigenvalue weighted by Gasteiger charge is -2.41. The minimum absolute atomic E-state index is 0.472. The third kappa shape index (κ3) is 4.46. The molecular weight excluding hydrogens is 352 g/mol. The summed E-state index contributed by atoms with van der Waals surface area (Å²) >= 11 is 0. The first-order valence-electron chi connectivity index (χ1n) is 10.8. The van der Waals surface area contributed by atoms with E-state index in [0.29, 0.717) is 54.4 Å². The van der Waals surface area contributed by atoms with Gasteiger partial charge >= 0.3 is 0 Å². The Morgan fingerprint density at radius 2 is 0.857 bits per heavy atom. The van der Waals surface area contributed by atoms with Crippen LogP contribution in [0.3, 0.4) is 0 Å². The molecule has 1 aromatic carbocycles. The van der Waals surface area contributed by atoms with E-state index in [4.69, 9.17) is 0 Å². The Labute approximate surface area is 171 Å². The predicted octanol–water partition coefficient (Wildman–Crippen LogP) is 4.72. The van der Waals surface area contributed by atoms with Gasteiger partial charge in [-0.15, -0.1) is 0 Å². The summed E-state index contributed by atoms with van der Waals surface area (Å²) < 4.78 is 0. The van der Waals surface area contributed by atoms with Crippen LogP contribution in [0.2, 0.25) is 0 Å². The first-order chi connectivity index (χ1) is 12.7. The molecule has 0 bridgehead atoms. The Kier molecular flexibility index (Phi) is 7.56. The highest BCUT2D eigenvalue weighted by atomic mass is 16.3. The second-order valence-electron chi connectivity index (χ2n) is 9.06. The summed E-state index contributed by atoms with van der Waals surface area (Å²) in [6.45, 7) is 16.7. The summed E-state index contributed by atoms with van der Waals surface area (Å²) in [6.07, 6.45) is 2.48. The van der Waals surface area contributed by atoms with Crippen molar-refractivity contribution < 1.29 is 20.4 Å². The van der Waals surface area contributed by atoms with Gasteiger partial charge in [-0.2, -0.15) is 0 Å². The first kappa shape index (κ1) is 25.1. The van der Waals surface area contributed by atoms with E-state index in [1.165, 1.54) is 0 Å². The van der Waals surface area contributed by atoms with Gasteiger partial charge in [0.25, 0.3) is 0 Å². The second-order valence-corrected chi connectivity index (χ2v) is 9.06. The number of hydrogen-bond donors (Lipinski definition) is 4. The van der Waals surface area contributed by atoms with Crippen molar-refractivity contribution in [1.29, 1.82) is 0 Å². The molecule has 0 aliphatic heterocycles. The molecule has 1 aromatic rings. The number of rotatable bonds is 9. The van der Waals surface area contributed by atoms with Crippen molar-refractivity contribution in [3.63, 3.8) is 0 Å². The predicted molar refractivity (Wildman–Crippen MR) is 115 cm³/mol. The monoisotopic (exact) mass is 394 g/mol. The summed E-state index contributed by atoms with van der Waals surface area (Å²) in [4.78, 5) is 0. The third-order valence-corrected chi connectivity index (χ3v) is 6.78. The fourth-order valence-corrected chi connectivity index (χ4v) is 3.91. The van der Waals surface area contributed by atoms with Crippen molar-refractivity contribution in [3.05, 3.63) is 33.9 Å². The lowest BCUT2D eigenvalue weighted by Crippen LogP contribution is -2.37. The van der Waals surface area contributed by atoms with Crippen LogP contribution in [0.4, 0.5) is 0 Å². The highest BCUT2D eigenvalue weighted by molar-refractivity contribution is 5.54. The molecule has 4 N–H and O–H groups in total. The average Bonchev–Trinajstić information content (AvgIpc) is 2.65. The van der Waals surface area contributed by atoms with E-state index in [-0.39, 0.29) is 0 Å². The smallest absolute Gasteiger partial charge is 0.0872 e. The van der Waals surface area contributed by atoms with Crippen LogP contribution in [0.15, 0.2) is 6.07 Å². The zero-order valence-corrected chi connectivity index (χ0v) is 19.4. The Hall–Kier alpha value is -0.940. The fourth-order valence-electron chi connectivity index (χ4n) is 3.91. The van der Waals surface area contributed by atoms with E-state index >= 15 is 0 Å². The molecule has 1 rings (SSSR count). The van der Waals surface area contributed by atoms with Gasteiger partial charge in [-0.25, -0.2) is 0 Å². The van der Waals surface area contributed by atoms with Crippen LogP contribution in [0.25, 0.3) is 0 Å². The molecule has 0 aromatic heterocycles. The molecule has 162 valence electrons. The molecule has 0 aliphatic carbocycles. The van der Waals surface area contributed by atoms with E-state index in [1.807, 2.05) is 40.7 Å². The van der Waals surface area contributed by atoms with Crippen LogP contribution in [-0.4, -0.2) is 20.4 Å². The Morgan fingerprint density at radius 1 is 0.571 bits per heavy atom. The highest BCUT2D eigenvalue weighted by Gasteiger charge is 2.41. The molecule has 0 radical (unpaired) electrons. The van der Waals surface area contributed by atoms with E-state index in [0.717, 1.165) is 5.56 Å². The molecule has 0 spiro atoms. The average molecular weight is 395 g/mol. The number of benzene rings is 1. The van der Waals surface area contributed by atoms with Gasteiger partial charge < -0.3 is 20.4 Å². The maximum absolute atomic E-state index is 11.3. The topological polar surface area (TPSA) is 80.9 Å². The zero-order chi connectivity index (χ0) is 22.1. The third-order valence-electron chi connectivity index (χ3n) is 6.78. The molecule has 4 nitrogen and oxygen atoms in total. The maximum atomic E-state index is 11.3. The van der Waals surface area contributed by atoms with Crippen molar-refractivity contribution in [1.82, 2.24) is 0 Å². The molecular formula is C24H42O4. The summed E-state index contributed by atoms with van der Waals surface area (Å²) in [5, 5.41) is 45.0. The molecule has 28 heavy (non-hydrogen) atoms. The molecule has 0 amide bonds. The standard InChI is InChI=1S/C24H42O4/c1-10-16-19(23(8,27)13-4)17(21(6,25)11-2)15-18(22(7,26)12-3)20(16)24(9,28)14-5/h15,25-28H,10-14H2,1-9H3. The molecule has 0 aliphatic rings. The normalized spacial score (nSPS) is 20.8. The van der Waals surface area contributed by atoms with Crippen LogP contribution >= 0.6 is 0 Å². The van der Waals surface area contributed by atoms with Gasteiger partial charge in [0.2, 0.25) is 0 Å². The number of hydrogen-bond acceptors (Lipinski definition) is 4. The van der Waals surface area contributed by atoms with Gasteiger partial charge in [0.1, 0.15) is 0 Å². The summed E-state index contributed by atoms with van der Waals surface area (Å²) in [6, 6.07) is 1.82. The molecule has 0 saturated heterocycles. The molecule has 0 saturated carbocycles. The minimum Gasteiger partial charge on any atom is -0.385 e. The molecule has 0 heterocycles. The first-order valence-corrected chi connectivity index (χ1v) is 10.8. The van der Waals surface area contributed by atoms with Crippen LogP contribution in [0.1, 0.15) is 116 Å².